The molecule has 0 spiro atoms. The number of carbonyl (C=O) groups is 1. The number of rotatable bonds is 4. The summed E-state index contributed by atoms with van der Waals surface area (Å²) in [5, 5.41) is 6.70. The van der Waals surface area contributed by atoms with E-state index in [4.69, 9.17) is 11.6 Å². The third kappa shape index (κ3) is 5.53. The molecule has 122 valence electrons. The van der Waals surface area contributed by atoms with E-state index in [0.29, 0.717) is 23.2 Å². The van der Waals surface area contributed by atoms with Crippen LogP contribution in [0.2, 0.25) is 5.02 Å². The van der Waals surface area contributed by atoms with Gasteiger partial charge in [0.25, 0.3) is 5.91 Å². The molecule has 0 radical (unpaired) electrons. The van der Waals surface area contributed by atoms with Crippen LogP contribution >= 0.6 is 11.6 Å². The Morgan fingerprint density at radius 3 is 2.43 bits per heavy atom. The van der Waals surface area contributed by atoms with Crippen LogP contribution < -0.4 is 10.6 Å². The topological polar surface area (TPSA) is 66.9 Å². The summed E-state index contributed by atoms with van der Waals surface area (Å²) in [6, 6.07) is 9.01. The Bertz CT molecular complexity index is 693. The molecular formula is C17H21ClN4O. The molecule has 23 heavy (non-hydrogen) atoms. The Kier molecular flexibility index (Phi) is 5.21. The molecule has 2 rings (SSSR count). The van der Waals surface area contributed by atoms with Gasteiger partial charge in [0.15, 0.2) is 0 Å². The normalized spacial score (nSPS) is 11.2. The van der Waals surface area contributed by atoms with E-state index in [1.54, 1.807) is 18.2 Å². The zero-order valence-corrected chi connectivity index (χ0v) is 14.5. The molecule has 0 fully saturated rings. The number of carbonyl (C=O) groups excluding carboxylic acids is 1. The predicted octanol–water partition coefficient (Wildman–Crippen LogP) is 3.58. The molecule has 0 saturated carbocycles. The molecule has 1 amide bonds. The quantitative estimate of drug-likeness (QED) is 0.898. The zero-order chi connectivity index (χ0) is 17.0. The summed E-state index contributed by atoms with van der Waals surface area (Å²) in [5.74, 6) is 0.219. The lowest BCUT2D eigenvalue weighted by molar-refractivity contribution is 0.0945. The number of anilines is 1. The Balaban J connectivity index is 2.08. The molecule has 2 N–H and O–H groups in total. The molecule has 0 aliphatic heterocycles. The van der Waals surface area contributed by atoms with Crippen molar-refractivity contribution in [1.29, 1.82) is 0 Å². The number of halogens is 1. The van der Waals surface area contributed by atoms with E-state index in [-0.39, 0.29) is 11.4 Å². The van der Waals surface area contributed by atoms with Crippen LogP contribution in [0.3, 0.4) is 0 Å². The van der Waals surface area contributed by atoms with Crippen molar-refractivity contribution in [3.63, 3.8) is 0 Å². The first-order chi connectivity index (χ1) is 10.7. The van der Waals surface area contributed by atoms with Crippen molar-refractivity contribution in [2.24, 2.45) is 0 Å². The van der Waals surface area contributed by atoms with E-state index < -0.39 is 0 Å². The average Bonchev–Trinajstić information content (AvgIpc) is 2.44. The highest BCUT2D eigenvalue weighted by molar-refractivity contribution is 6.30. The van der Waals surface area contributed by atoms with Gasteiger partial charge in [-0.15, -0.1) is 0 Å². The minimum absolute atomic E-state index is 0.176. The van der Waals surface area contributed by atoms with E-state index in [2.05, 4.69) is 20.6 Å². The summed E-state index contributed by atoms with van der Waals surface area (Å²) in [7, 11) is 0. The summed E-state index contributed by atoms with van der Waals surface area (Å²) in [6.07, 6.45) is 0. The number of benzene rings is 1. The fourth-order valence-electron chi connectivity index (χ4n) is 1.95. The van der Waals surface area contributed by atoms with Gasteiger partial charge in [-0.3, -0.25) is 4.79 Å². The Morgan fingerprint density at radius 1 is 1.17 bits per heavy atom. The second-order valence-corrected chi connectivity index (χ2v) is 6.84. The molecule has 0 saturated heterocycles. The molecule has 2 aromatic rings. The average molecular weight is 333 g/mol. The van der Waals surface area contributed by atoms with Gasteiger partial charge in [-0.2, -0.15) is 0 Å². The number of nitrogens with one attached hydrogen (secondary N) is 2. The highest BCUT2D eigenvalue weighted by atomic mass is 35.5. The SMILES string of the molecule is Cc1cc(C(=O)NCc2ccc(Cl)cc2)nc(NC(C)(C)C)n1. The minimum Gasteiger partial charge on any atom is -0.350 e. The van der Waals surface area contributed by atoms with Gasteiger partial charge < -0.3 is 10.6 Å². The van der Waals surface area contributed by atoms with Gasteiger partial charge in [-0.25, -0.2) is 9.97 Å². The lowest BCUT2D eigenvalue weighted by Crippen LogP contribution is -2.29. The number of amides is 1. The molecule has 0 atom stereocenters. The van der Waals surface area contributed by atoms with Crippen LogP contribution in [0.4, 0.5) is 5.95 Å². The smallest absolute Gasteiger partial charge is 0.270 e. The van der Waals surface area contributed by atoms with Crippen molar-refractivity contribution >= 4 is 23.5 Å². The number of nitrogens with zero attached hydrogens (tertiary/aromatic N) is 2. The molecule has 1 aromatic carbocycles. The van der Waals surface area contributed by atoms with Crippen molar-refractivity contribution in [2.75, 3.05) is 5.32 Å². The van der Waals surface area contributed by atoms with Gasteiger partial charge in [-0.1, -0.05) is 23.7 Å². The third-order valence-electron chi connectivity index (χ3n) is 2.94. The Morgan fingerprint density at radius 2 is 1.83 bits per heavy atom. The van der Waals surface area contributed by atoms with Crippen LogP contribution in [0.15, 0.2) is 30.3 Å². The van der Waals surface area contributed by atoms with Crippen LogP contribution in [-0.4, -0.2) is 21.4 Å². The van der Waals surface area contributed by atoms with Crippen LogP contribution in [-0.2, 0) is 6.54 Å². The Hall–Kier alpha value is -2.14. The number of aryl methyl sites for hydroxylation is 1. The van der Waals surface area contributed by atoms with Crippen molar-refractivity contribution < 1.29 is 4.79 Å². The van der Waals surface area contributed by atoms with Crippen LogP contribution in [0, 0.1) is 6.92 Å². The van der Waals surface area contributed by atoms with E-state index in [1.165, 1.54) is 0 Å². The maximum atomic E-state index is 12.3. The summed E-state index contributed by atoms with van der Waals surface area (Å²) in [5.41, 5.74) is 1.88. The first-order valence-electron chi connectivity index (χ1n) is 7.39. The minimum atomic E-state index is -0.234. The molecule has 6 heteroatoms. The molecule has 5 nitrogen and oxygen atoms in total. The van der Waals surface area contributed by atoms with Gasteiger partial charge in [0.05, 0.1) is 0 Å². The molecule has 0 aliphatic carbocycles. The molecule has 0 unspecified atom stereocenters. The fraction of sp³-hybridized carbons (Fsp3) is 0.353. The van der Waals surface area contributed by atoms with E-state index in [0.717, 1.165) is 11.3 Å². The number of hydrogen-bond donors (Lipinski definition) is 2. The van der Waals surface area contributed by atoms with Gasteiger partial charge in [0, 0.05) is 22.8 Å². The molecule has 1 heterocycles. The van der Waals surface area contributed by atoms with Gasteiger partial charge in [0.2, 0.25) is 5.95 Å². The monoisotopic (exact) mass is 332 g/mol. The van der Waals surface area contributed by atoms with Gasteiger partial charge >= 0.3 is 0 Å². The summed E-state index contributed by atoms with van der Waals surface area (Å²) < 4.78 is 0. The second kappa shape index (κ2) is 6.96. The van der Waals surface area contributed by atoms with Crippen LogP contribution in [0.25, 0.3) is 0 Å². The van der Waals surface area contributed by atoms with E-state index >= 15 is 0 Å². The highest BCUT2D eigenvalue weighted by Crippen LogP contribution is 2.12. The maximum absolute atomic E-state index is 12.3. The zero-order valence-electron chi connectivity index (χ0n) is 13.8. The summed E-state index contributed by atoms with van der Waals surface area (Å²) in [6.45, 7) is 8.30. The molecule has 0 bridgehead atoms. The van der Waals surface area contributed by atoms with E-state index in [9.17, 15) is 4.79 Å². The predicted molar refractivity (Wildman–Crippen MR) is 92.8 cm³/mol. The standard InChI is InChI=1S/C17H21ClN4O/c1-11-9-14(21-16(20-11)22-17(2,3)4)15(23)19-10-12-5-7-13(18)8-6-12/h5-9H,10H2,1-4H3,(H,19,23)(H,20,21,22). The molecule has 0 aliphatic rings. The fourth-order valence-corrected chi connectivity index (χ4v) is 2.08. The van der Waals surface area contributed by atoms with Crippen molar-refractivity contribution in [2.45, 2.75) is 39.8 Å². The Labute approximate surface area is 141 Å². The first kappa shape index (κ1) is 17.2. The molecule has 1 aromatic heterocycles. The van der Waals surface area contributed by atoms with Crippen molar-refractivity contribution in [3.8, 4) is 0 Å². The number of aromatic nitrogens is 2. The van der Waals surface area contributed by atoms with Crippen molar-refractivity contribution in [3.05, 3.63) is 52.3 Å². The largest absolute Gasteiger partial charge is 0.350 e. The third-order valence-corrected chi connectivity index (χ3v) is 3.19. The summed E-state index contributed by atoms with van der Waals surface area (Å²) >= 11 is 5.85. The summed E-state index contributed by atoms with van der Waals surface area (Å²) in [4.78, 5) is 20.9. The van der Waals surface area contributed by atoms with Gasteiger partial charge in [0.1, 0.15) is 5.69 Å². The number of hydrogen-bond acceptors (Lipinski definition) is 4. The van der Waals surface area contributed by atoms with Crippen LogP contribution in [0.5, 0.6) is 0 Å². The van der Waals surface area contributed by atoms with Crippen molar-refractivity contribution in [1.82, 2.24) is 15.3 Å². The maximum Gasteiger partial charge on any atom is 0.270 e. The lowest BCUT2D eigenvalue weighted by Gasteiger charge is -2.20. The second-order valence-electron chi connectivity index (χ2n) is 6.40. The first-order valence-corrected chi connectivity index (χ1v) is 7.77. The lowest BCUT2D eigenvalue weighted by atomic mass is 10.1. The highest BCUT2D eigenvalue weighted by Gasteiger charge is 2.15. The van der Waals surface area contributed by atoms with Crippen LogP contribution in [0.1, 0.15) is 42.5 Å². The van der Waals surface area contributed by atoms with E-state index in [1.807, 2.05) is 39.8 Å². The van der Waals surface area contributed by atoms with Gasteiger partial charge in [-0.05, 0) is 51.5 Å². The molecular weight excluding hydrogens is 312 g/mol.